The molecule has 21 N–H and O–H groups in total. The van der Waals surface area contributed by atoms with E-state index in [4.69, 9.17) is 59.3 Å². The number of terminal acetylenes is 1. The van der Waals surface area contributed by atoms with Crippen molar-refractivity contribution >= 4 is 23.8 Å². The van der Waals surface area contributed by atoms with E-state index in [0.29, 0.717) is 0 Å². The molecule has 27 atom stereocenters. The highest BCUT2D eigenvalue weighted by Crippen LogP contribution is 2.38. The zero-order chi connectivity index (χ0) is 64.4. The maximum absolute atomic E-state index is 13.5. The third kappa shape index (κ3) is 16.4. The van der Waals surface area contributed by atoms with Crippen molar-refractivity contribution in [2.45, 2.75) is 191 Å². The van der Waals surface area contributed by atoms with E-state index in [0.717, 1.165) is 10.9 Å². The summed E-state index contributed by atoms with van der Waals surface area (Å²) in [5, 5.41) is 216. The molecular formula is C46H70N8O33. The summed E-state index contributed by atoms with van der Waals surface area (Å²) in [5.41, 5.74) is 8.42. The van der Waals surface area contributed by atoms with Gasteiger partial charge in [-0.05, 0) is 5.53 Å². The lowest BCUT2D eigenvalue weighted by molar-refractivity contribution is -0.366. The molecule has 6 rings (SSSR count). The van der Waals surface area contributed by atoms with Crippen molar-refractivity contribution in [3.8, 4) is 12.3 Å². The van der Waals surface area contributed by atoms with Crippen LogP contribution >= 0.6 is 0 Å². The Hall–Kier alpha value is -5.19. The second kappa shape index (κ2) is 31.0. The smallest absolute Gasteiger partial charge is 0.364 e. The van der Waals surface area contributed by atoms with Crippen molar-refractivity contribution in [2.75, 3.05) is 46.2 Å². The highest BCUT2D eigenvalue weighted by molar-refractivity contribution is 5.79. The standard InChI is InChI=1S/C46H70N8O33/c1-2-3-78-40-36(73)33(70)37(20(11-57)82-40)85-42-35(72)32(69)30(67)22(84-42)14-81-46(44(76)77)5-17(59)26(39(87-46)28(65)19(61)10-56)50-24(63)8-54-7-15(51-53-54)12-79-41-34(71)31(68)29(66)21(83-41)13-80-45(43(74)75)4-16(58)25(49-23(62)6-48-52-47)38(86-45)27(64)18(60)9-55/h1,7,16-22,25-42,55-61,64-73H,3-6,8-14H2,(H,49,62)(H,50,63)(H,74,75)(H,76,77)/t16-,17-,18+,19+,20+,21+,22+,25+,26+,27+,28+,29-,30-,31-,32-,33+,34+,35+,36+,37+,38+,39+,40+,41+,42-,45+,46+/m0/s1. The second-order valence-electron chi connectivity index (χ2n) is 20.6. The molecule has 41 nitrogen and oxygen atoms in total. The van der Waals surface area contributed by atoms with Crippen LogP contribution in [0.1, 0.15) is 18.5 Å². The summed E-state index contributed by atoms with van der Waals surface area (Å²) in [6.45, 7) is -8.06. The monoisotopic (exact) mass is 1260 g/mol. The third-order valence-corrected chi connectivity index (χ3v) is 14.6. The van der Waals surface area contributed by atoms with Gasteiger partial charge in [-0.2, -0.15) is 0 Å². The molecule has 1 aromatic heterocycles. The van der Waals surface area contributed by atoms with Gasteiger partial charge in [0.05, 0.1) is 70.1 Å². The number of azide groups is 1. The number of carboxylic acid groups (broad SMARTS) is 2. The normalized spacial score (nSPS) is 39.5. The summed E-state index contributed by atoms with van der Waals surface area (Å²) in [6, 6.07) is -3.57. The van der Waals surface area contributed by atoms with E-state index in [2.05, 4.69) is 36.9 Å². The summed E-state index contributed by atoms with van der Waals surface area (Å²) >= 11 is 0. The molecule has 5 aliphatic rings. The molecule has 1 aromatic rings. The van der Waals surface area contributed by atoms with Crippen LogP contribution in [0, 0.1) is 12.3 Å². The van der Waals surface area contributed by atoms with Crippen LogP contribution in [-0.2, 0) is 79.7 Å². The van der Waals surface area contributed by atoms with Crippen LogP contribution in [-0.4, -0.2) is 347 Å². The molecule has 0 radical (unpaired) electrons. The molecule has 0 aliphatic carbocycles. The number of carbonyl (C=O) groups excluding carboxylic acids is 2. The Kier molecular flexibility index (Phi) is 25.3. The maximum Gasteiger partial charge on any atom is 0.364 e. The summed E-state index contributed by atoms with van der Waals surface area (Å²) in [4.78, 5) is 54.0. The molecule has 5 saturated heterocycles. The number of nitrogens with one attached hydrogen (secondary N) is 2. The van der Waals surface area contributed by atoms with Crippen LogP contribution in [0.5, 0.6) is 0 Å². The number of hydrogen-bond donors (Lipinski definition) is 21. The Labute approximate surface area is 488 Å². The minimum Gasteiger partial charge on any atom is -0.477 e. The van der Waals surface area contributed by atoms with Crippen molar-refractivity contribution in [2.24, 2.45) is 5.11 Å². The molecule has 41 heteroatoms. The summed E-state index contributed by atoms with van der Waals surface area (Å²) < 4.78 is 56.0. The summed E-state index contributed by atoms with van der Waals surface area (Å²) in [7, 11) is 0. The number of hydrogen-bond acceptors (Lipinski definition) is 34. The van der Waals surface area contributed by atoms with Crippen LogP contribution in [0.3, 0.4) is 0 Å². The zero-order valence-electron chi connectivity index (χ0n) is 45.3. The molecule has 87 heavy (non-hydrogen) atoms. The molecule has 0 spiro atoms. The Morgan fingerprint density at radius 1 is 0.701 bits per heavy atom. The van der Waals surface area contributed by atoms with Crippen molar-refractivity contribution in [3.05, 3.63) is 22.3 Å². The third-order valence-electron chi connectivity index (χ3n) is 14.6. The van der Waals surface area contributed by atoms with Gasteiger partial charge in [0.15, 0.2) is 18.9 Å². The number of carboxylic acids is 2. The average molecular weight is 1260 g/mol. The largest absolute Gasteiger partial charge is 0.477 e. The summed E-state index contributed by atoms with van der Waals surface area (Å²) in [6.07, 6.45) is -41.8. The zero-order valence-corrected chi connectivity index (χ0v) is 45.3. The van der Waals surface area contributed by atoms with Crippen LogP contribution < -0.4 is 10.6 Å². The first-order valence-corrected chi connectivity index (χ1v) is 26.3. The van der Waals surface area contributed by atoms with Crippen LogP contribution in [0.15, 0.2) is 11.3 Å². The van der Waals surface area contributed by atoms with E-state index in [-0.39, 0.29) is 12.3 Å². The van der Waals surface area contributed by atoms with Crippen LogP contribution in [0.2, 0.25) is 0 Å². The molecule has 492 valence electrons. The molecule has 5 aliphatic heterocycles. The fraction of sp³-hybridized carbons (Fsp3) is 0.826. The van der Waals surface area contributed by atoms with Crippen molar-refractivity contribution in [1.29, 1.82) is 0 Å². The predicted octanol–water partition coefficient (Wildman–Crippen LogP) is -13.5. The van der Waals surface area contributed by atoms with Crippen molar-refractivity contribution < 1.29 is 164 Å². The topological polar surface area (TPSA) is 648 Å². The van der Waals surface area contributed by atoms with E-state index < -0.39 is 254 Å². The molecule has 6 heterocycles. The average Bonchev–Trinajstić information content (AvgIpc) is 1.59. The van der Waals surface area contributed by atoms with E-state index in [1.165, 1.54) is 0 Å². The highest BCUT2D eigenvalue weighted by Gasteiger charge is 2.59. The fourth-order valence-electron chi connectivity index (χ4n) is 9.88. The van der Waals surface area contributed by atoms with Gasteiger partial charge in [0.1, 0.15) is 135 Å². The minimum atomic E-state index is -3.08. The van der Waals surface area contributed by atoms with Gasteiger partial charge in [-0.25, -0.2) is 14.3 Å². The number of ether oxygens (including phenoxy) is 10. The molecule has 5 fully saturated rings. The number of nitrogens with zero attached hydrogens (tertiary/aromatic N) is 6. The van der Waals surface area contributed by atoms with E-state index in [1.54, 1.807) is 0 Å². The minimum absolute atomic E-state index is 0.137. The van der Waals surface area contributed by atoms with Gasteiger partial charge < -0.3 is 155 Å². The summed E-state index contributed by atoms with van der Waals surface area (Å²) in [5.74, 6) is -10.1. The molecule has 0 saturated carbocycles. The fourth-order valence-corrected chi connectivity index (χ4v) is 9.88. The Morgan fingerprint density at radius 3 is 1.66 bits per heavy atom. The lowest BCUT2D eigenvalue weighted by Crippen LogP contribution is -2.69. The first-order valence-electron chi connectivity index (χ1n) is 26.3. The van der Waals surface area contributed by atoms with Gasteiger partial charge in [0, 0.05) is 17.8 Å². The second-order valence-corrected chi connectivity index (χ2v) is 20.6. The number of amides is 2. The molecule has 0 bridgehead atoms. The SMILES string of the molecule is C#CCO[C@@H]1O[C@H](CO)[C@@H](O[C@@H]2O[C@H](CO[C@]3(C(=O)O)C[C@H](O)[C@@H](NC(=O)Cn4cc(CO[C@@H]5O[C@H](CO[C@]6(C(=O)O)C[C@H](O)[C@@H](NC(=O)CN=[N+]=[N-])[C@H]([C@H](O)[C@H](O)CO)O6)[C@H](O)[C@H](O)[C@H]5O)nn4)[C@H]([C@H](O)[C@H](O)CO)O3)[C@H](O)[C@H](O)[C@H]2O)[C@H](O)[C@H]1O. The van der Waals surface area contributed by atoms with E-state index in [9.17, 15) is 116 Å². The van der Waals surface area contributed by atoms with Crippen LogP contribution in [0.4, 0.5) is 0 Å². The van der Waals surface area contributed by atoms with Crippen molar-refractivity contribution in [1.82, 2.24) is 25.6 Å². The first-order chi connectivity index (χ1) is 41.1. The number of aliphatic hydroxyl groups is 17. The van der Waals surface area contributed by atoms with E-state index >= 15 is 0 Å². The van der Waals surface area contributed by atoms with Crippen molar-refractivity contribution in [3.63, 3.8) is 0 Å². The molecule has 2 amide bonds. The quantitative estimate of drug-likeness (QED) is 0.0160. The number of carbonyl (C=O) groups is 4. The Bertz CT molecular complexity index is 2530. The lowest BCUT2D eigenvalue weighted by atomic mass is 9.88. The highest BCUT2D eigenvalue weighted by atomic mass is 16.8. The van der Waals surface area contributed by atoms with Gasteiger partial charge in [0.2, 0.25) is 11.8 Å². The maximum atomic E-state index is 13.5. The Morgan fingerprint density at radius 2 is 1.17 bits per heavy atom. The van der Waals surface area contributed by atoms with Crippen LogP contribution in [0.25, 0.3) is 10.4 Å². The predicted molar refractivity (Wildman–Crippen MR) is 265 cm³/mol. The van der Waals surface area contributed by atoms with Gasteiger partial charge in [-0.3, -0.25) is 9.59 Å². The molecule has 0 unspecified atom stereocenters. The number of rotatable bonds is 28. The number of aromatic nitrogens is 3. The van der Waals surface area contributed by atoms with E-state index in [1.807, 2.05) is 0 Å². The first kappa shape index (κ1) is 70.9. The number of aliphatic hydroxyl groups excluding tert-OH is 17. The lowest BCUT2D eigenvalue weighted by Gasteiger charge is -2.48. The number of aliphatic carboxylic acids is 2. The van der Waals surface area contributed by atoms with Gasteiger partial charge in [0.25, 0.3) is 11.6 Å². The molecular weight excluding hydrogens is 1190 g/mol. The molecule has 0 aromatic carbocycles. The van der Waals surface area contributed by atoms with Gasteiger partial charge >= 0.3 is 11.9 Å². The van der Waals surface area contributed by atoms with Gasteiger partial charge in [-0.1, -0.05) is 16.2 Å². The Balaban J connectivity index is 1.08. The van der Waals surface area contributed by atoms with Gasteiger partial charge in [-0.15, -0.1) is 11.5 Å².